The lowest BCUT2D eigenvalue weighted by molar-refractivity contribution is -0.385. The summed E-state index contributed by atoms with van der Waals surface area (Å²) < 4.78 is 13.6. The number of carbonyl (C=O) groups is 1. The Kier molecular flexibility index (Phi) is 4.79. The fourth-order valence-electron chi connectivity index (χ4n) is 1.93. The van der Waals surface area contributed by atoms with Crippen LogP contribution in [0, 0.1) is 15.9 Å². The summed E-state index contributed by atoms with van der Waals surface area (Å²) >= 11 is 0. The van der Waals surface area contributed by atoms with Crippen LogP contribution in [0.1, 0.15) is 16.8 Å². The first-order valence-electron chi connectivity index (χ1n) is 5.48. The molecular formula is C11H13ClFN3O3. The monoisotopic (exact) mass is 289 g/mol. The fourth-order valence-corrected chi connectivity index (χ4v) is 1.93. The van der Waals surface area contributed by atoms with Gasteiger partial charge in [0.05, 0.1) is 16.6 Å². The van der Waals surface area contributed by atoms with Crippen LogP contribution >= 0.6 is 12.4 Å². The second-order valence-electron chi connectivity index (χ2n) is 4.22. The molecule has 0 saturated carbocycles. The fraction of sp³-hybridized carbons (Fsp3) is 0.364. The molecule has 0 radical (unpaired) electrons. The van der Waals surface area contributed by atoms with Gasteiger partial charge in [0.15, 0.2) is 0 Å². The smallest absolute Gasteiger partial charge is 0.272 e. The lowest BCUT2D eigenvalue weighted by Gasteiger charge is -2.15. The molecule has 1 aromatic rings. The van der Waals surface area contributed by atoms with Crippen LogP contribution < -0.4 is 5.73 Å². The molecule has 1 aliphatic rings. The maximum absolute atomic E-state index is 13.6. The van der Waals surface area contributed by atoms with Gasteiger partial charge in [-0.3, -0.25) is 14.9 Å². The van der Waals surface area contributed by atoms with E-state index in [2.05, 4.69) is 0 Å². The van der Waals surface area contributed by atoms with Crippen molar-refractivity contribution in [3.05, 3.63) is 39.7 Å². The second-order valence-corrected chi connectivity index (χ2v) is 4.22. The molecule has 1 heterocycles. The van der Waals surface area contributed by atoms with Crippen molar-refractivity contribution >= 4 is 24.0 Å². The van der Waals surface area contributed by atoms with Crippen LogP contribution in [0.5, 0.6) is 0 Å². The Hall–Kier alpha value is -1.73. The lowest BCUT2D eigenvalue weighted by Crippen LogP contribution is -2.32. The number of amides is 1. The van der Waals surface area contributed by atoms with E-state index in [4.69, 9.17) is 5.73 Å². The van der Waals surface area contributed by atoms with Crippen molar-refractivity contribution in [2.45, 2.75) is 12.5 Å². The molecule has 1 saturated heterocycles. The Morgan fingerprint density at radius 3 is 2.68 bits per heavy atom. The summed E-state index contributed by atoms with van der Waals surface area (Å²) in [5, 5.41) is 10.5. The predicted octanol–water partition coefficient (Wildman–Crippen LogP) is 1.33. The van der Waals surface area contributed by atoms with E-state index >= 15 is 0 Å². The molecule has 0 bridgehead atoms. The van der Waals surface area contributed by atoms with Gasteiger partial charge >= 0.3 is 0 Å². The zero-order chi connectivity index (χ0) is 13.3. The molecule has 6 nitrogen and oxygen atoms in total. The third-order valence-electron chi connectivity index (χ3n) is 2.91. The number of non-ortho nitro benzene ring substituents is 1. The number of halogens is 2. The molecule has 0 aliphatic carbocycles. The number of nitrogens with two attached hydrogens (primary N) is 1. The number of likely N-dealkylation sites (tertiary alicyclic amines) is 1. The van der Waals surface area contributed by atoms with E-state index in [1.54, 1.807) is 0 Å². The van der Waals surface area contributed by atoms with Gasteiger partial charge in [0.1, 0.15) is 5.82 Å². The van der Waals surface area contributed by atoms with Gasteiger partial charge in [-0.05, 0) is 12.5 Å². The minimum atomic E-state index is -0.880. The molecular weight excluding hydrogens is 277 g/mol. The van der Waals surface area contributed by atoms with Crippen LogP contribution in [-0.4, -0.2) is 34.9 Å². The topological polar surface area (TPSA) is 89.5 Å². The molecule has 1 atom stereocenters. The van der Waals surface area contributed by atoms with Crippen molar-refractivity contribution in [2.75, 3.05) is 13.1 Å². The quantitative estimate of drug-likeness (QED) is 0.657. The van der Waals surface area contributed by atoms with E-state index in [0.717, 1.165) is 18.2 Å². The van der Waals surface area contributed by atoms with Crippen LogP contribution in [0.25, 0.3) is 0 Å². The number of nitro benzene ring substituents is 1. The van der Waals surface area contributed by atoms with E-state index < -0.39 is 16.6 Å². The van der Waals surface area contributed by atoms with Crippen LogP contribution in [0.3, 0.4) is 0 Å². The van der Waals surface area contributed by atoms with Gasteiger partial charge in [0.25, 0.3) is 11.6 Å². The summed E-state index contributed by atoms with van der Waals surface area (Å²) in [5.41, 5.74) is 5.14. The summed E-state index contributed by atoms with van der Waals surface area (Å²) in [6.45, 7) is 0.867. The standard InChI is InChI=1S/C11H12FN3O3.ClH/c12-10-5-8(15(17)18)1-2-9(10)11(16)14-4-3-7(13)6-14;/h1-2,5,7H,3-4,6,13H2;1H. The molecule has 104 valence electrons. The molecule has 1 fully saturated rings. The zero-order valence-corrected chi connectivity index (χ0v) is 10.7. The minimum absolute atomic E-state index is 0. The average Bonchev–Trinajstić information content (AvgIpc) is 2.74. The number of hydrogen-bond acceptors (Lipinski definition) is 4. The number of nitro groups is 1. The van der Waals surface area contributed by atoms with Gasteiger partial charge in [-0.2, -0.15) is 0 Å². The maximum Gasteiger partial charge on any atom is 0.272 e. The van der Waals surface area contributed by atoms with Crippen molar-refractivity contribution < 1.29 is 14.1 Å². The summed E-state index contributed by atoms with van der Waals surface area (Å²) in [4.78, 5) is 23.2. The number of nitrogens with zero attached hydrogens (tertiary/aromatic N) is 2. The molecule has 1 aliphatic heterocycles. The van der Waals surface area contributed by atoms with Crippen LogP contribution in [0.2, 0.25) is 0 Å². The maximum atomic E-state index is 13.6. The molecule has 0 spiro atoms. The normalized spacial score (nSPS) is 18.0. The molecule has 19 heavy (non-hydrogen) atoms. The van der Waals surface area contributed by atoms with E-state index in [0.29, 0.717) is 19.5 Å². The van der Waals surface area contributed by atoms with Gasteiger partial charge < -0.3 is 10.6 Å². The van der Waals surface area contributed by atoms with Gasteiger partial charge in [-0.15, -0.1) is 12.4 Å². The molecule has 0 aromatic heterocycles. The van der Waals surface area contributed by atoms with Crippen molar-refractivity contribution in [2.24, 2.45) is 5.73 Å². The molecule has 1 unspecified atom stereocenters. The average molecular weight is 290 g/mol. The highest BCUT2D eigenvalue weighted by Crippen LogP contribution is 2.19. The van der Waals surface area contributed by atoms with Crippen LogP contribution in [0.4, 0.5) is 10.1 Å². The molecule has 8 heteroatoms. The zero-order valence-electron chi connectivity index (χ0n) is 9.91. The molecule has 1 amide bonds. The van der Waals surface area contributed by atoms with Crippen LogP contribution in [-0.2, 0) is 0 Å². The highest BCUT2D eigenvalue weighted by molar-refractivity contribution is 5.95. The summed E-state index contributed by atoms with van der Waals surface area (Å²) in [6, 6.07) is 2.92. The predicted molar refractivity (Wildman–Crippen MR) is 68.8 cm³/mol. The Labute approximate surface area is 114 Å². The third-order valence-corrected chi connectivity index (χ3v) is 2.91. The third kappa shape index (κ3) is 3.18. The highest BCUT2D eigenvalue weighted by atomic mass is 35.5. The number of carbonyl (C=O) groups excluding carboxylic acids is 1. The summed E-state index contributed by atoms with van der Waals surface area (Å²) in [7, 11) is 0. The number of hydrogen-bond donors (Lipinski definition) is 1. The van der Waals surface area contributed by atoms with Crippen molar-refractivity contribution in [3.63, 3.8) is 0 Å². The second kappa shape index (κ2) is 5.94. The molecule has 1 aromatic carbocycles. The first kappa shape index (κ1) is 15.3. The Morgan fingerprint density at radius 1 is 1.53 bits per heavy atom. The largest absolute Gasteiger partial charge is 0.337 e. The van der Waals surface area contributed by atoms with Crippen molar-refractivity contribution in [1.29, 1.82) is 0 Å². The first-order chi connectivity index (χ1) is 8.49. The molecule has 2 N–H and O–H groups in total. The highest BCUT2D eigenvalue weighted by Gasteiger charge is 2.27. The van der Waals surface area contributed by atoms with E-state index in [1.807, 2.05) is 0 Å². The summed E-state index contributed by atoms with van der Waals surface area (Å²) in [5.74, 6) is -1.36. The van der Waals surface area contributed by atoms with Gasteiger partial charge in [0.2, 0.25) is 0 Å². The van der Waals surface area contributed by atoms with Gasteiger partial charge in [-0.25, -0.2) is 4.39 Å². The SMILES string of the molecule is Cl.NC1CCN(C(=O)c2ccc([N+](=O)[O-])cc2F)C1. The molecule has 2 rings (SSSR count). The van der Waals surface area contributed by atoms with E-state index in [-0.39, 0.29) is 29.7 Å². The van der Waals surface area contributed by atoms with Crippen molar-refractivity contribution in [3.8, 4) is 0 Å². The van der Waals surface area contributed by atoms with E-state index in [1.165, 1.54) is 4.90 Å². The number of benzene rings is 1. The Balaban J connectivity index is 0.00000180. The number of rotatable bonds is 2. The van der Waals surface area contributed by atoms with Gasteiger partial charge in [0, 0.05) is 25.2 Å². The lowest BCUT2D eigenvalue weighted by atomic mass is 10.1. The summed E-state index contributed by atoms with van der Waals surface area (Å²) in [6.07, 6.45) is 0.681. The van der Waals surface area contributed by atoms with Crippen molar-refractivity contribution in [1.82, 2.24) is 4.90 Å². The first-order valence-corrected chi connectivity index (χ1v) is 5.48. The Morgan fingerprint density at radius 2 is 2.21 bits per heavy atom. The Bertz CT molecular complexity index is 512. The van der Waals surface area contributed by atoms with E-state index in [9.17, 15) is 19.3 Å². The van der Waals surface area contributed by atoms with Crippen LogP contribution in [0.15, 0.2) is 18.2 Å². The van der Waals surface area contributed by atoms with Gasteiger partial charge in [-0.1, -0.05) is 0 Å². The minimum Gasteiger partial charge on any atom is -0.337 e.